The maximum Gasteiger partial charge on any atom is 0.0693 e. The number of ether oxygens (including phenoxy) is 1. The lowest BCUT2D eigenvalue weighted by molar-refractivity contribution is 0.0980. The summed E-state index contributed by atoms with van der Waals surface area (Å²) in [5, 5.41) is 3.36. The van der Waals surface area contributed by atoms with E-state index in [1.807, 2.05) is 0 Å². The van der Waals surface area contributed by atoms with Gasteiger partial charge >= 0.3 is 0 Å². The Morgan fingerprint density at radius 1 is 1.27 bits per heavy atom. The zero-order valence-electron chi connectivity index (χ0n) is 8.18. The number of hydrogen-bond donors (Lipinski definition) is 1. The summed E-state index contributed by atoms with van der Waals surface area (Å²) in [6.45, 7) is 8.62. The molecule has 1 atom stereocenters. The Morgan fingerprint density at radius 3 is 2.27 bits per heavy atom. The van der Waals surface area contributed by atoms with Crippen LogP contribution in [0.5, 0.6) is 0 Å². The summed E-state index contributed by atoms with van der Waals surface area (Å²) < 4.78 is 5.22. The molecule has 11 heavy (non-hydrogen) atoms. The van der Waals surface area contributed by atoms with E-state index in [9.17, 15) is 0 Å². The summed E-state index contributed by atoms with van der Waals surface area (Å²) >= 11 is 0. The van der Waals surface area contributed by atoms with E-state index in [4.69, 9.17) is 4.74 Å². The Morgan fingerprint density at radius 2 is 1.91 bits per heavy atom. The molecule has 0 fully saturated rings. The third-order valence-corrected chi connectivity index (χ3v) is 1.71. The van der Waals surface area contributed by atoms with Gasteiger partial charge in [-0.05, 0) is 18.9 Å². The molecule has 1 N–H and O–H groups in total. The van der Waals surface area contributed by atoms with Gasteiger partial charge < -0.3 is 10.1 Å². The van der Waals surface area contributed by atoms with E-state index in [0.29, 0.717) is 6.10 Å². The monoisotopic (exact) mass is 159 g/mol. The minimum Gasteiger partial charge on any atom is -0.380 e. The molecule has 0 aromatic carbocycles. The second-order valence-electron chi connectivity index (χ2n) is 3.32. The van der Waals surface area contributed by atoms with E-state index < -0.39 is 0 Å². The van der Waals surface area contributed by atoms with E-state index in [0.717, 1.165) is 25.4 Å². The van der Waals surface area contributed by atoms with Gasteiger partial charge in [0.25, 0.3) is 0 Å². The summed E-state index contributed by atoms with van der Waals surface area (Å²) in [6, 6.07) is 0. The quantitative estimate of drug-likeness (QED) is 0.636. The van der Waals surface area contributed by atoms with Crippen molar-refractivity contribution < 1.29 is 4.74 Å². The first-order valence-corrected chi connectivity index (χ1v) is 4.44. The molecule has 0 spiro atoms. The largest absolute Gasteiger partial charge is 0.380 e. The molecule has 0 aliphatic rings. The number of nitrogens with one attached hydrogen (secondary N) is 1. The highest BCUT2D eigenvalue weighted by Gasteiger charge is 2.02. The van der Waals surface area contributed by atoms with Crippen molar-refractivity contribution in [3.63, 3.8) is 0 Å². The minimum absolute atomic E-state index is 0.383. The lowest BCUT2D eigenvalue weighted by Crippen LogP contribution is -2.30. The van der Waals surface area contributed by atoms with Gasteiger partial charge in [-0.2, -0.15) is 0 Å². The van der Waals surface area contributed by atoms with Crippen LogP contribution in [0.3, 0.4) is 0 Å². The average Bonchev–Trinajstić information content (AvgIpc) is 1.98. The molecule has 0 aromatic rings. The molecule has 0 bridgehead atoms. The van der Waals surface area contributed by atoms with Crippen LogP contribution >= 0.6 is 0 Å². The van der Waals surface area contributed by atoms with Gasteiger partial charge in [0.1, 0.15) is 0 Å². The van der Waals surface area contributed by atoms with Crippen molar-refractivity contribution in [2.45, 2.75) is 33.3 Å². The normalized spacial score (nSPS) is 13.9. The third kappa shape index (κ3) is 6.32. The van der Waals surface area contributed by atoms with Crippen LogP contribution in [-0.2, 0) is 4.74 Å². The Labute approximate surface area is 70.3 Å². The predicted octanol–water partition coefficient (Wildman–Crippen LogP) is 1.66. The fraction of sp³-hybridized carbons (Fsp3) is 1.00. The van der Waals surface area contributed by atoms with Crippen LogP contribution in [0.2, 0.25) is 0 Å². The molecular weight excluding hydrogens is 138 g/mol. The molecule has 0 aromatic heterocycles. The smallest absolute Gasteiger partial charge is 0.0693 e. The second kappa shape index (κ2) is 6.62. The van der Waals surface area contributed by atoms with E-state index in [1.165, 1.54) is 0 Å². The highest BCUT2D eigenvalue weighted by atomic mass is 16.5. The van der Waals surface area contributed by atoms with Crippen molar-refractivity contribution in [2.24, 2.45) is 5.92 Å². The SMILES string of the molecule is CCC(CNCC(C)C)OC. The van der Waals surface area contributed by atoms with Crippen molar-refractivity contribution in [3.05, 3.63) is 0 Å². The molecule has 0 radical (unpaired) electrons. The first-order valence-electron chi connectivity index (χ1n) is 4.44. The number of rotatable bonds is 6. The Balaban J connectivity index is 3.21. The standard InChI is InChI=1S/C9H21NO/c1-5-9(11-4)7-10-6-8(2)3/h8-10H,5-7H2,1-4H3. The fourth-order valence-electron chi connectivity index (χ4n) is 0.927. The maximum absolute atomic E-state index is 5.22. The van der Waals surface area contributed by atoms with E-state index in [2.05, 4.69) is 26.1 Å². The van der Waals surface area contributed by atoms with Crippen LogP contribution < -0.4 is 5.32 Å². The second-order valence-corrected chi connectivity index (χ2v) is 3.32. The average molecular weight is 159 g/mol. The molecule has 0 amide bonds. The summed E-state index contributed by atoms with van der Waals surface area (Å²) in [4.78, 5) is 0. The van der Waals surface area contributed by atoms with Gasteiger partial charge in [0, 0.05) is 13.7 Å². The minimum atomic E-state index is 0.383. The Kier molecular flexibility index (Phi) is 6.57. The van der Waals surface area contributed by atoms with Crippen LogP contribution in [0.15, 0.2) is 0 Å². The van der Waals surface area contributed by atoms with Crippen molar-refractivity contribution in [1.29, 1.82) is 0 Å². The molecule has 0 saturated heterocycles. The molecule has 1 unspecified atom stereocenters. The van der Waals surface area contributed by atoms with Crippen LogP contribution in [0.25, 0.3) is 0 Å². The van der Waals surface area contributed by atoms with Gasteiger partial charge in [0.15, 0.2) is 0 Å². The maximum atomic E-state index is 5.22. The summed E-state index contributed by atoms with van der Waals surface area (Å²) in [5.41, 5.74) is 0. The molecule has 0 aliphatic carbocycles. The third-order valence-electron chi connectivity index (χ3n) is 1.71. The molecule has 0 rings (SSSR count). The number of hydrogen-bond acceptors (Lipinski definition) is 2. The van der Waals surface area contributed by atoms with Crippen LogP contribution in [0.1, 0.15) is 27.2 Å². The van der Waals surface area contributed by atoms with E-state index in [1.54, 1.807) is 7.11 Å². The molecule has 0 heterocycles. The Bertz CT molecular complexity index is 79.6. The zero-order valence-corrected chi connectivity index (χ0v) is 8.18. The van der Waals surface area contributed by atoms with Crippen molar-refractivity contribution >= 4 is 0 Å². The lowest BCUT2D eigenvalue weighted by Gasteiger charge is -2.14. The summed E-state index contributed by atoms with van der Waals surface area (Å²) in [6.07, 6.45) is 1.47. The zero-order chi connectivity index (χ0) is 8.69. The Hall–Kier alpha value is -0.0800. The lowest BCUT2D eigenvalue weighted by atomic mass is 10.2. The van der Waals surface area contributed by atoms with Gasteiger partial charge in [-0.15, -0.1) is 0 Å². The summed E-state index contributed by atoms with van der Waals surface area (Å²) in [7, 11) is 1.77. The van der Waals surface area contributed by atoms with Gasteiger partial charge in [-0.1, -0.05) is 20.8 Å². The molecular formula is C9H21NO. The molecule has 0 saturated carbocycles. The van der Waals surface area contributed by atoms with Crippen LogP contribution in [-0.4, -0.2) is 26.3 Å². The number of methoxy groups -OCH3 is 1. The van der Waals surface area contributed by atoms with Crippen molar-refractivity contribution in [2.75, 3.05) is 20.2 Å². The van der Waals surface area contributed by atoms with E-state index >= 15 is 0 Å². The van der Waals surface area contributed by atoms with Crippen LogP contribution in [0.4, 0.5) is 0 Å². The first-order chi connectivity index (χ1) is 5.20. The first kappa shape index (κ1) is 10.9. The van der Waals surface area contributed by atoms with Gasteiger partial charge in [-0.25, -0.2) is 0 Å². The molecule has 68 valence electrons. The molecule has 2 heteroatoms. The van der Waals surface area contributed by atoms with Crippen LogP contribution in [0, 0.1) is 5.92 Å². The molecule has 2 nitrogen and oxygen atoms in total. The highest BCUT2D eigenvalue weighted by Crippen LogP contribution is 1.94. The van der Waals surface area contributed by atoms with Gasteiger partial charge in [0.05, 0.1) is 6.10 Å². The topological polar surface area (TPSA) is 21.3 Å². The van der Waals surface area contributed by atoms with Crippen molar-refractivity contribution in [3.8, 4) is 0 Å². The predicted molar refractivity (Wildman–Crippen MR) is 48.8 cm³/mol. The fourth-order valence-corrected chi connectivity index (χ4v) is 0.927. The van der Waals surface area contributed by atoms with Gasteiger partial charge in [-0.3, -0.25) is 0 Å². The van der Waals surface area contributed by atoms with E-state index in [-0.39, 0.29) is 0 Å². The highest BCUT2D eigenvalue weighted by molar-refractivity contribution is 4.59. The molecule has 0 aliphatic heterocycles. The van der Waals surface area contributed by atoms with Gasteiger partial charge in [0.2, 0.25) is 0 Å². The summed E-state index contributed by atoms with van der Waals surface area (Å²) in [5.74, 6) is 0.726. The van der Waals surface area contributed by atoms with Crippen molar-refractivity contribution in [1.82, 2.24) is 5.32 Å².